The fourth-order valence-corrected chi connectivity index (χ4v) is 2.05. The van der Waals surface area contributed by atoms with Gasteiger partial charge in [0.05, 0.1) is 0 Å². The Kier molecular flexibility index (Phi) is 2.19. The van der Waals surface area contributed by atoms with E-state index >= 15 is 0 Å². The highest BCUT2D eigenvalue weighted by Crippen LogP contribution is 2.53. The average molecular weight is 213 g/mol. The molecule has 1 atom stereocenters. The van der Waals surface area contributed by atoms with E-state index < -0.39 is 22.8 Å². The number of hydrogen-bond donors (Lipinski definition) is 2. The van der Waals surface area contributed by atoms with Crippen molar-refractivity contribution < 1.29 is 13.9 Å². The molecule has 4 heteroatoms. The van der Waals surface area contributed by atoms with Crippen LogP contribution in [0.25, 0.3) is 0 Å². The van der Waals surface area contributed by atoms with Gasteiger partial charge in [-0.15, -0.1) is 0 Å². The fourth-order valence-electron chi connectivity index (χ4n) is 2.05. The summed E-state index contributed by atoms with van der Waals surface area (Å²) in [5, 5.41) is 9.55. The van der Waals surface area contributed by atoms with Gasteiger partial charge in [-0.2, -0.15) is 0 Å². The zero-order chi connectivity index (χ0) is 11.2. The molecular formula is C11H13F2NO. The van der Waals surface area contributed by atoms with Gasteiger partial charge in [0.25, 0.3) is 0 Å². The van der Waals surface area contributed by atoms with Crippen LogP contribution >= 0.6 is 0 Å². The van der Waals surface area contributed by atoms with Gasteiger partial charge in [-0.25, -0.2) is 8.78 Å². The zero-order valence-electron chi connectivity index (χ0n) is 8.43. The van der Waals surface area contributed by atoms with Gasteiger partial charge in [-0.05, 0) is 25.8 Å². The van der Waals surface area contributed by atoms with Crippen LogP contribution in [0.2, 0.25) is 0 Å². The van der Waals surface area contributed by atoms with E-state index in [1.807, 2.05) is 0 Å². The van der Waals surface area contributed by atoms with E-state index in [2.05, 4.69) is 0 Å². The van der Waals surface area contributed by atoms with Crippen LogP contribution in [0, 0.1) is 11.6 Å². The normalized spacial score (nSPS) is 20.0. The minimum atomic E-state index is -0.920. The van der Waals surface area contributed by atoms with E-state index in [0.29, 0.717) is 11.6 Å². The summed E-state index contributed by atoms with van der Waals surface area (Å²) in [5.41, 5.74) is 5.64. The molecule has 2 nitrogen and oxygen atoms in total. The summed E-state index contributed by atoms with van der Waals surface area (Å²) in [4.78, 5) is 0. The standard InChI is InChI=1S/C11H13F2NO/c1-6(14)11(2-3-11)8-4-7(12)5-9(13)10(8)15/h4-6,15H,2-3,14H2,1H3. The van der Waals surface area contributed by atoms with Crippen molar-refractivity contribution in [3.8, 4) is 5.75 Å². The molecule has 3 N–H and O–H groups in total. The van der Waals surface area contributed by atoms with Crippen LogP contribution in [0.1, 0.15) is 25.3 Å². The third kappa shape index (κ3) is 1.49. The first-order valence-corrected chi connectivity index (χ1v) is 4.91. The Hall–Kier alpha value is -1.16. The molecule has 82 valence electrons. The van der Waals surface area contributed by atoms with Crippen LogP contribution in [-0.2, 0) is 5.41 Å². The maximum atomic E-state index is 13.1. The molecule has 0 aliphatic heterocycles. The molecule has 15 heavy (non-hydrogen) atoms. The van der Waals surface area contributed by atoms with Gasteiger partial charge in [0.2, 0.25) is 0 Å². The molecule has 0 amide bonds. The van der Waals surface area contributed by atoms with E-state index in [1.165, 1.54) is 6.07 Å². The first kappa shape index (κ1) is 10.4. The van der Waals surface area contributed by atoms with Crippen LogP contribution in [0.15, 0.2) is 12.1 Å². The van der Waals surface area contributed by atoms with E-state index in [0.717, 1.165) is 12.8 Å². The lowest BCUT2D eigenvalue weighted by atomic mass is 9.88. The summed E-state index contributed by atoms with van der Waals surface area (Å²) in [5.74, 6) is -2.06. The smallest absolute Gasteiger partial charge is 0.168 e. The Morgan fingerprint density at radius 3 is 2.47 bits per heavy atom. The van der Waals surface area contributed by atoms with Gasteiger partial charge in [0.15, 0.2) is 11.6 Å². The highest BCUT2D eigenvalue weighted by molar-refractivity contribution is 5.45. The number of rotatable bonds is 2. The number of nitrogens with two attached hydrogens (primary N) is 1. The van der Waals surface area contributed by atoms with Crippen molar-refractivity contribution in [3.63, 3.8) is 0 Å². The zero-order valence-corrected chi connectivity index (χ0v) is 8.43. The number of phenols is 1. The second-order valence-electron chi connectivity index (χ2n) is 4.23. The molecule has 0 bridgehead atoms. The van der Waals surface area contributed by atoms with Crippen molar-refractivity contribution in [1.82, 2.24) is 0 Å². The van der Waals surface area contributed by atoms with Crippen molar-refractivity contribution in [1.29, 1.82) is 0 Å². The number of benzene rings is 1. The topological polar surface area (TPSA) is 46.2 Å². The first-order valence-electron chi connectivity index (χ1n) is 4.91. The minimum Gasteiger partial charge on any atom is -0.505 e. The first-order chi connectivity index (χ1) is 6.97. The van der Waals surface area contributed by atoms with Crippen molar-refractivity contribution in [3.05, 3.63) is 29.3 Å². The summed E-state index contributed by atoms with van der Waals surface area (Å²) in [7, 11) is 0. The van der Waals surface area contributed by atoms with Gasteiger partial charge in [0.1, 0.15) is 5.82 Å². The lowest BCUT2D eigenvalue weighted by Crippen LogP contribution is -2.31. The molecule has 1 unspecified atom stereocenters. The van der Waals surface area contributed by atoms with E-state index in [4.69, 9.17) is 5.73 Å². The second kappa shape index (κ2) is 3.17. The summed E-state index contributed by atoms with van der Waals surface area (Å²) in [6, 6.07) is 1.63. The molecule has 0 radical (unpaired) electrons. The van der Waals surface area contributed by atoms with Crippen molar-refractivity contribution in [2.45, 2.75) is 31.2 Å². The van der Waals surface area contributed by atoms with E-state index in [1.54, 1.807) is 6.92 Å². The average Bonchev–Trinajstić information content (AvgIpc) is 2.91. The van der Waals surface area contributed by atoms with Crippen LogP contribution < -0.4 is 5.73 Å². The molecule has 1 saturated carbocycles. The van der Waals surface area contributed by atoms with Crippen molar-refractivity contribution in [2.24, 2.45) is 5.73 Å². The van der Waals surface area contributed by atoms with Crippen molar-refractivity contribution >= 4 is 0 Å². The summed E-state index contributed by atoms with van der Waals surface area (Å²) in [6.07, 6.45) is 1.53. The third-order valence-corrected chi connectivity index (χ3v) is 3.22. The molecule has 1 aliphatic rings. The predicted octanol–water partition coefficient (Wildman–Crippen LogP) is 2.05. The number of aromatic hydroxyl groups is 1. The Morgan fingerprint density at radius 2 is 2.00 bits per heavy atom. The maximum Gasteiger partial charge on any atom is 0.168 e. The Morgan fingerprint density at radius 1 is 1.40 bits per heavy atom. The van der Waals surface area contributed by atoms with Gasteiger partial charge < -0.3 is 10.8 Å². The summed E-state index contributed by atoms with van der Waals surface area (Å²) in [6.45, 7) is 1.79. The summed E-state index contributed by atoms with van der Waals surface area (Å²) < 4.78 is 26.2. The number of halogens is 2. The Bertz CT molecular complexity index is 400. The van der Waals surface area contributed by atoms with Crippen molar-refractivity contribution in [2.75, 3.05) is 0 Å². The van der Waals surface area contributed by atoms with E-state index in [9.17, 15) is 13.9 Å². The molecule has 1 fully saturated rings. The Balaban J connectivity index is 2.53. The van der Waals surface area contributed by atoms with Crippen LogP contribution in [0.3, 0.4) is 0 Å². The number of hydrogen-bond acceptors (Lipinski definition) is 2. The molecular weight excluding hydrogens is 200 g/mol. The molecule has 0 spiro atoms. The Labute approximate surface area is 86.7 Å². The van der Waals surface area contributed by atoms with Gasteiger partial charge >= 0.3 is 0 Å². The molecule has 0 heterocycles. The molecule has 1 aromatic carbocycles. The fraction of sp³-hybridized carbons (Fsp3) is 0.455. The summed E-state index contributed by atoms with van der Waals surface area (Å²) >= 11 is 0. The third-order valence-electron chi connectivity index (χ3n) is 3.22. The highest BCUT2D eigenvalue weighted by atomic mass is 19.1. The van der Waals surface area contributed by atoms with Crippen LogP contribution in [0.4, 0.5) is 8.78 Å². The lowest BCUT2D eigenvalue weighted by molar-refractivity contribution is 0.405. The SMILES string of the molecule is CC(N)C1(c2cc(F)cc(F)c2O)CC1. The quantitative estimate of drug-likeness (QED) is 0.789. The minimum absolute atomic E-state index is 0.218. The predicted molar refractivity (Wildman–Crippen MR) is 52.6 cm³/mol. The molecule has 0 saturated heterocycles. The van der Waals surface area contributed by atoms with Gasteiger partial charge in [-0.3, -0.25) is 0 Å². The maximum absolute atomic E-state index is 13.1. The number of phenolic OH excluding ortho intramolecular Hbond substituents is 1. The lowest BCUT2D eigenvalue weighted by Gasteiger charge is -2.21. The molecule has 0 aromatic heterocycles. The van der Waals surface area contributed by atoms with Crippen LogP contribution in [0.5, 0.6) is 5.75 Å². The molecule has 1 aromatic rings. The molecule has 1 aliphatic carbocycles. The monoisotopic (exact) mass is 213 g/mol. The van der Waals surface area contributed by atoms with Gasteiger partial charge in [0, 0.05) is 23.1 Å². The van der Waals surface area contributed by atoms with Gasteiger partial charge in [-0.1, -0.05) is 0 Å². The second-order valence-corrected chi connectivity index (χ2v) is 4.23. The highest BCUT2D eigenvalue weighted by Gasteiger charge is 2.49. The molecule has 2 rings (SSSR count). The van der Waals surface area contributed by atoms with Crippen LogP contribution in [-0.4, -0.2) is 11.1 Å². The van der Waals surface area contributed by atoms with E-state index in [-0.39, 0.29) is 6.04 Å². The largest absolute Gasteiger partial charge is 0.505 e.